The summed E-state index contributed by atoms with van der Waals surface area (Å²) in [6.45, 7) is 1.29. The Bertz CT molecular complexity index is 614. The zero-order valence-electron chi connectivity index (χ0n) is 11.2. The summed E-state index contributed by atoms with van der Waals surface area (Å²) < 4.78 is 14.1. The van der Waals surface area contributed by atoms with Gasteiger partial charge in [0, 0.05) is 29.2 Å². The van der Waals surface area contributed by atoms with Crippen LogP contribution in [0.25, 0.3) is 0 Å². The molecule has 0 radical (unpaired) electrons. The largest absolute Gasteiger partial charge is 0.465 e. The van der Waals surface area contributed by atoms with E-state index < -0.39 is 6.09 Å². The molecule has 0 atom stereocenters. The van der Waals surface area contributed by atoms with Gasteiger partial charge in [-0.15, -0.1) is 0 Å². The number of piperidine rings is 1. The van der Waals surface area contributed by atoms with Crippen molar-refractivity contribution in [2.75, 3.05) is 13.1 Å². The summed E-state index contributed by atoms with van der Waals surface area (Å²) in [4.78, 5) is 26.5. The zero-order chi connectivity index (χ0) is 15.1. The van der Waals surface area contributed by atoms with Crippen LogP contribution in [0.4, 0.5) is 9.18 Å². The van der Waals surface area contributed by atoms with E-state index in [0.29, 0.717) is 41.6 Å². The van der Waals surface area contributed by atoms with E-state index in [0.717, 1.165) is 5.56 Å². The third-order valence-electron chi connectivity index (χ3n) is 4.13. The van der Waals surface area contributed by atoms with Gasteiger partial charge in [0.1, 0.15) is 5.82 Å². The Hall–Kier alpha value is -1.38. The van der Waals surface area contributed by atoms with Crippen LogP contribution in [-0.2, 0) is 6.54 Å². The molecule has 7 heteroatoms. The lowest BCUT2D eigenvalue weighted by molar-refractivity contribution is 0.0596. The van der Waals surface area contributed by atoms with Crippen LogP contribution >= 0.6 is 22.6 Å². The van der Waals surface area contributed by atoms with E-state index >= 15 is 0 Å². The molecule has 1 aromatic carbocycles. The number of amides is 2. The molecule has 21 heavy (non-hydrogen) atoms. The van der Waals surface area contributed by atoms with Crippen LogP contribution in [0.2, 0.25) is 0 Å². The first kappa shape index (κ1) is 14.6. The Morgan fingerprint density at radius 3 is 2.62 bits per heavy atom. The van der Waals surface area contributed by atoms with Gasteiger partial charge in [-0.25, -0.2) is 9.18 Å². The Kier molecular flexibility index (Phi) is 3.76. The van der Waals surface area contributed by atoms with Gasteiger partial charge >= 0.3 is 6.09 Å². The number of carboxylic acid groups (broad SMARTS) is 1. The number of halogens is 2. The van der Waals surface area contributed by atoms with Crippen molar-refractivity contribution < 1.29 is 19.1 Å². The van der Waals surface area contributed by atoms with E-state index in [-0.39, 0.29) is 17.8 Å². The summed E-state index contributed by atoms with van der Waals surface area (Å²) >= 11 is 1.99. The lowest BCUT2D eigenvalue weighted by Crippen LogP contribution is -2.46. The Labute approximate surface area is 134 Å². The number of hydrogen-bond donors (Lipinski definition) is 1. The Morgan fingerprint density at radius 1 is 1.33 bits per heavy atom. The van der Waals surface area contributed by atoms with E-state index in [1.807, 2.05) is 22.6 Å². The van der Waals surface area contributed by atoms with Crippen LogP contribution in [0.1, 0.15) is 28.8 Å². The van der Waals surface area contributed by atoms with Crippen LogP contribution in [0.15, 0.2) is 12.1 Å². The third kappa shape index (κ3) is 2.58. The van der Waals surface area contributed by atoms with Gasteiger partial charge in [-0.3, -0.25) is 4.79 Å². The highest BCUT2D eigenvalue weighted by Crippen LogP contribution is 2.32. The quantitative estimate of drug-likeness (QED) is 0.732. The van der Waals surface area contributed by atoms with Crippen molar-refractivity contribution in [2.45, 2.75) is 25.4 Å². The standard InChI is InChI=1S/C14H14FIN2O3/c15-9-5-8-7-18(13(19)12(8)11(16)6-9)10-1-3-17(4-2-10)14(20)21/h5-6,10H,1-4,7H2,(H,20,21). The monoisotopic (exact) mass is 404 g/mol. The maximum atomic E-state index is 13.5. The summed E-state index contributed by atoms with van der Waals surface area (Å²) in [7, 11) is 0. The number of benzene rings is 1. The van der Waals surface area contributed by atoms with Gasteiger partial charge in [-0.1, -0.05) is 0 Å². The van der Waals surface area contributed by atoms with Crippen molar-refractivity contribution >= 4 is 34.6 Å². The first-order valence-electron chi connectivity index (χ1n) is 6.74. The van der Waals surface area contributed by atoms with E-state index in [4.69, 9.17) is 5.11 Å². The lowest BCUT2D eigenvalue weighted by Gasteiger charge is -2.35. The topological polar surface area (TPSA) is 60.9 Å². The summed E-state index contributed by atoms with van der Waals surface area (Å²) in [6, 6.07) is 2.81. The van der Waals surface area contributed by atoms with Crippen molar-refractivity contribution in [3.05, 3.63) is 32.6 Å². The molecule has 112 valence electrons. The lowest BCUT2D eigenvalue weighted by atomic mass is 10.0. The molecule has 2 aliphatic heterocycles. The summed E-state index contributed by atoms with van der Waals surface area (Å²) in [6.07, 6.45) is 0.344. The van der Waals surface area contributed by atoms with E-state index in [2.05, 4.69) is 0 Å². The SMILES string of the molecule is O=C(O)N1CCC(N2Cc3cc(F)cc(I)c3C2=O)CC1. The molecule has 1 fully saturated rings. The van der Waals surface area contributed by atoms with Crippen molar-refractivity contribution in [1.29, 1.82) is 0 Å². The predicted octanol–water partition coefficient (Wildman–Crippen LogP) is 2.53. The summed E-state index contributed by atoms with van der Waals surface area (Å²) in [5.74, 6) is -0.392. The number of likely N-dealkylation sites (tertiary alicyclic amines) is 1. The van der Waals surface area contributed by atoms with Gasteiger partial charge in [0.05, 0.1) is 5.56 Å². The van der Waals surface area contributed by atoms with Crippen molar-refractivity contribution in [3.63, 3.8) is 0 Å². The molecule has 2 aliphatic rings. The molecule has 2 amide bonds. The number of carbonyl (C=O) groups is 2. The third-order valence-corrected chi connectivity index (χ3v) is 4.98. The number of fused-ring (bicyclic) bond motifs is 1. The summed E-state index contributed by atoms with van der Waals surface area (Å²) in [5, 5.41) is 8.95. The minimum atomic E-state index is -0.916. The Balaban J connectivity index is 1.77. The van der Waals surface area contributed by atoms with Gasteiger partial charge in [-0.05, 0) is 53.1 Å². The highest BCUT2D eigenvalue weighted by atomic mass is 127. The zero-order valence-corrected chi connectivity index (χ0v) is 13.3. The predicted molar refractivity (Wildman–Crippen MR) is 81.6 cm³/mol. The molecule has 2 heterocycles. The molecule has 0 saturated carbocycles. The molecule has 3 rings (SSSR count). The molecule has 0 spiro atoms. The van der Waals surface area contributed by atoms with Crippen LogP contribution in [-0.4, -0.2) is 46.0 Å². The highest BCUT2D eigenvalue weighted by molar-refractivity contribution is 14.1. The molecule has 1 N–H and O–H groups in total. The smallest absolute Gasteiger partial charge is 0.407 e. The minimum Gasteiger partial charge on any atom is -0.465 e. The Morgan fingerprint density at radius 2 is 2.00 bits per heavy atom. The molecule has 0 aliphatic carbocycles. The second-order valence-corrected chi connectivity index (χ2v) is 6.52. The summed E-state index contributed by atoms with van der Waals surface area (Å²) in [5.41, 5.74) is 1.32. The van der Waals surface area contributed by atoms with E-state index in [1.54, 1.807) is 4.90 Å². The van der Waals surface area contributed by atoms with Gasteiger partial charge in [0.15, 0.2) is 0 Å². The first-order chi connectivity index (χ1) is 9.97. The van der Waals surface area contributed by atoms with Gasteiger partial charge in [0.2, 0.25) is 0 Å². The minimum absolute atomic E-state index is 0.0272. The number of carbonyl (C=O) groups excluding carboxylic acids is 1. The van der Waals surface area contributed by atoms with Crippen molar-refractivity contribution in [1.82, 2.24) is 9.80 Å². The van der Waals surface area contributed by atoms with E-state index in [9.17, 15) is 14.0 Å². The average molecular weight is 404 g/mol. The first-order valence-corrected chi connectivity index (χ1v) is 7.82. The second kappa shape index (κ2) is 5.43. The van der Waals surface area contributed by atoms with Gasteiger partial charge in [0.25, 0.3) is 5.91 Å². The number of rotatable bonds is 1. The van der Waals surface area contributed by atoms with Gasteiger partial charge in [-0.2, -0.15) is 0 Å². The fourth-order valence-corrected chi connectivity index (χ4v) is 3.93. The molecule has 5 nitrogen and oxygen atoms in total. The molecular weight excluding hydrogens is 390 g/mol. The maximum absolute atomic E-state index is 13.5. The maximum Gasteiger partial charge on any atom is 0.407 e. The van der Waals surface area contributed by atoms with Crippen molar-refractivity contribution in [3.8, 4) is 0 Å². The molecule has 0 bridgehead atoms. The molecule has 0 aromatic heterocycles. The molecule has 0 unspecified atom stereocenters. The van der Waals surface area contributed by atoms with Crippen LogP contribution in [0.3, 0.4) is 0 Å². The molecule has 1 aromatic rings. The van der Waals surface area contributed by atoms with Crippen LogP contribution < -0.4 is 0 Å². The van der Waals surface area contributed by atoms with Gasteiger partial charge < -0.3 is 14.9 Å². The number of hydrogen-bond acceptors (Lipinski definition) is 2. The van der Waals surface area contributed by atoms with Crippen LogP contribution in [0, 0.1) is 9.39 Å². The molecule has 1 saturated heterocycles. The second-order valence-electron chi connectivity index (χ2n) is 5.36. The fraction of sp³-hybridized carbons (Fsp3) is 0.429. The van der Waals surface area contributed by atoms with E-state index in [1.165, 1.54) is 17.0 Å². The highest BCUT2D eigenvalue weighted by Gasteiger charge is 2.36. The average Bonchev–Trinajstić information content (AvgIpc) is 2.76. The normalized spacial score (nSPS) is 19.0. The number of nitrogens with zero attached hydrogens (tertiary/aromatic N) is 2. The van der Waals surface area contributed by atoms with Crippen LogP contribution in [0.5, 0.6) is 0 Å². The van der Waals surface area contributed by atoms with Crippen molar-refractivity contribution in [2.24, 2.45) is 0 Å². The fourth-order valence-electron chi connectivity index (χ4n) is 3.05. The molecular formula is C14H14FIN2O3.